The first-order valence-electron chi connectivity index (χ1n) is 5.77. The monoisotopic (exact) mass is 267 g/mol. The average Bonchev–Trinajstić information content (AvgIpc) is 2.61. The van der Waals surface area contributed by atoms with Gasteiger partial charge in [-0.25, -0.2) is 8.78 Å². The number of aryl methyl sites for hydroxylation is 2. The molecule has 0 aliphatic rings. The highest BCUT2D eigenvalue weighted by molar-refractivity contribution is 7.12. The largest absolute Gasteiger partial charge is 0.308 e. The topological polar surface area (TPSA) is 12.0 Å². The molecule has 1 N–H and O–H groups in total. The number of halogens is 2. The van der Waals surface area contributed by atoms with Gasteiger partial charge in [-0.1, -0.05) is 6.07 Å². The summed E-state index contributed by atoms with van der Waals surface area (Å²) in [6.07, 6.45) is 0. The van der Waals surface area contributed by atoms with Crippen molar-refractivity contribution in [1.29, 1.82) is 0 Å². The van der Waals surface area contributed by atoms with Gasteiger partial charge in [-0.05, 0) is 31.5 Å². The van der Waals surface area contributed by atoms with E-state index >= 15 is 0 Å². The van der Waals surface area contributed by atoms with E-state index in [-0.39, 0.29) is 0 Å². The summed E-state index contributed by atoms with van der Waals surface area (Å²) in [6, 6.07) is 5.80. The predicted octanol–water partition coefficient (Wildman–Crippen LogP) is 3.93. The van der Waals surface area contributed by atoms with Crippen LogP contribution in [0, 0.1) is 25.5 Å². The summed E-state index contributed by atoms with van der Waals surface area (Å²) in [5.41, 5.74) is 1.72. The van der Waals surface area contributed by atoms with Crippen LogP contribution >= 0.6 is 11.3 Å². The molecule has 0 saturated heterocycles. The Morgan fingerprint density at radius 2 is 1.78 bits per heavy atom. The maximum Gasteiger partial charge on any atom is 0.130 e. The molecule has 2 aromatic rings. The van der Waals surface area contributed by atoms with Crippen molar-refractivity contribution in [3.8, 4) is 0 Å². The van der Waals surface area contributed by atoms with Crippen molar-refractivity contribution in [3.05, 3.63) is 56.8 Å². The van der Waals surface area contributed by atoms with Crippen molar-refractivity contribution < 1.29 is 8.78 Å². The van der Waals surface area contributed by atoms with Crippen LogP contribution in [-0.4, -0.2) is 0 Å². The summed E-state index contributed by atoms with van der Waals surface area (Å²) in [4.78, 5) is 2.55. The molecule has 0 unspecified atom stereocenters. The zero-order valence-electron chi connectivity index (χ0n) is 10.4. The molecule has 1 nitrogen and oxygen atoms in total. The van der Waals surface area contributed by atoms with Crippen molar-refractivity contribution >= 4 is 11.3 Å². The summed E-state index contributed by atoms with van der Waals surface area (Å²) in [5, 5.41) is 3.18. The van der Waals surface area contributed by atoms with Crippen LogP contribution in [-0.2, 0) is 13.1 Å². The molecule has 0 atom stereocenters. The molecule has 0 aliphatic carbocycles. The maximum absolute atomic E-state index is 13.4. The van der Waals surface area contributed by atoms with Crippen LogP contribution < -0.4 is 5.32 Å². The van der Waals surface area contributed by atoms with Crippen LogP contribution in [0.3, 0.4) is 0 Å². The highest BCUT2D eigenvalue weighted by atomic mass is 32.1. The van der Waals surface area contributed by atoms with Crippen LogP contribution in [0.2, 0.25) is 0 Å². The second kappa shape index (κ2) is 5.59. The van der Waals surface area contributed by atoms with Gasteiger partial charge in [0.15, 0.2) is 0 Å². The lowest BCUT2D eigenvalue weighted by molar-refractivity contribution is 0.560. The number of rotatable bonds is 4. The first-order valence-corrected chi connectivity index (χ1v) is 6.58. The second-order valence-corrected chi connectivity index (χ2v) is 5.74. The van der Waals surface area contributed by atoms with Gasteiger partial charge in [0, 0.05) is 34.5 Å². The molecular formula is C14H15F2NS. The van der Waals surface area contributed by atoms with Crippen molar-refractivity contribution in [2.24, 2.45) is 0 Å². The highest BCUT2D eigenvalue weighted by Crippen LogP contribution is 2.20. The fraction of sp³-hybridized carbons (Fsp3) is 0.286. The van der Waals surface area contributed by atoms with Gasteiger partial charge < -0.3 is 5.32 Å². The smallest absolute Gasteiger partial charge is 0.130 e. The van der Waals surface area contributed by atoms with Crippen molar-refractivity contribution in [2.45, 2.75) is 26.9 Å². The molecule has 18 heavy (non-hydrogen) atoms. The molecule has 0 fully saturated rings. The number of hydrogen-bond donors (Lipinski definition) is 1. The van der Waals surface area contributed by atoms with Gasteiger partial charge in [-0.3, -0.25) is 0 Å². The third-order valence-corrected chi connectivity index (χ3v) is 3.80. The van der Waals surface area contributed by atoms with E-state index in [0.29, 0.717) is 18.7 Å². The molecule has 1 aromatic heterocycles. The number of hydrogen-bond acceptors (Lipinski definition) is 2. The molecule has 1 heterocycles. The predicted molar refractivity (Wildman–Crippen MR) is 70.7 cm³/mol. The Labute approximate surface area is 109 Å². The summed E-state index contributed by atoms with van der Waals surface area (Å²) in [7, 11) is 0. The quantitative estimate of drug-likeness (QED) is 0.885. The van der Waals surface area contributed by atoms with Crippen LogP contribution in [0.25, 0.3) is 0 Å². The van der Waals surface area contributed by atoms with E-state index in [0.717, 1.165) is 6.07 Å². The standard InChI is InChI=1S/C14H15F2NS/c1-9-5-12(10(2)18-9)8-17-7-11-3-4-13(15)6-14(11)16/h3-6,17H,7-8H2,1-2H3. The highest BCUT2D eigenvalue weighted by Gasteiger charge is 2.05. The van der Waals surface area contributed by atoms with Gasteiger partial charge in [0.05, 0.1) is 0 Å². The van der Waals surface area contributed by atoms with E-state index in [1.807, 2.05) is 0 Å². The van der Waals surface area contributed by atoms with Gasteiger partial charge in [0.25, 0.3) is 0 Å². The Hall–Kier alpha value is -1.26. The molecule has 0 radical (unpaired) electrons. The number of thiophene rings is 1. The first-order chi connectivity index (χ1) is 8.56. The van der Waals surface area contributed by atoms with E-state index in [2.05, 4.69) is 25.2 Å². The molecule has 0 aliphatic heterocycles. The summed E-state index contributed by atoms with van der Waals surface area (Å²) < 4.78 is 26.1. The Balaban J connectivity index is 1.94. The van der Waals surface area contributed by atoms with E-state index in [4.69, 9.17) is 0 Å². The lowest BCUT2D eigenvalue weighted by Crippen LogP contribution is -2.13. The Bertz CT molecular complexity index is 549. The van der Waals surface area contributed by atoms with Crippen molar-refractivity contribution in [3.63, 3.8) is 0 Å². The molecule has 0 saturated carbocycles. The second-order valence-electron chi connectivity index (χ2n) is 4.28. The van der Waals surface area contributed by atoms with E-state index < -0.39 is 11.6 Å². The third-order valence-electron chi connectivity index (χ3n) is 2.79. The molecular weight excluding hydrogens is 252 g/mol. The van der Waals surface area contributed by atoms with Gasteiger partial charge in [0.1, 0.15) is 11.6 Å². The van der Waals surface area contributed by atoms with E-state index in [9.17, 15) is 8.78 Å². The van der Waals surface area contributed by atoms with E-state index in [1.54, 1.807) is 11.3 Å². The molecule has 4 heteroatoms. The van der Waals surface area contributed by atoms with Crippen LogP contribution in [0.1, 0.15) is 20.9 Å². The number of benzene rings is 1. The third kappa shape index (κ3) is 3.15. The maximum atomic E-state index is 13.4. The van der Waals surface area contributed by atoms with Crippen LogP contribution in [0.15, 0.2) is 24.3 Å². The Morgan fingerprint density at radius 3 is 2.39 bits per heavy atom. The minimum atomic E-state index is -0.541. The molecule has 0 bridgehead atoms. The molecule has 0 spiro atoms. The summed E-state index contributed by atoms with van der Waals surface area (Å²) in [5.74, 6) is -1.04. The summed E-state index contributed by atoms with van der Waals surface area (Å²) in [6.45, 7) is 5.25. The number of nitrogens with one attached hydrogen (secondary N) is 1. The van der Waals surface area contributed by atoms with Gasteiger partial charge in [0.2, 0.25) is 0 Å². The average molecular weight is 267 g/mol. The van der Waals surface area contributed by atoms with Gasteiger partial charge in [-0.2, -0.15) is 0 Å². The van der Waals surface area contributed by atoms with Crippen molar-refractivity contribution in [1.82, 2.24) is 5.32 Å². The fourth-order valence-electron chi connectivity index (χ4n) is 1.86. The fourth-order valence-corrected chi connectivity index (χ4v) is 2.80. The van der Waals surface area contributed by atoms with Gasteiger partial charge >= 0.3 is 0 Å². The Kier molecular flexibility index (Phi) is 4.09. The lowest BCUT2D eigenvalue weighted by atomic mass is 10.2. The zero-order valence-corrected chi connectivity index (χ0v) is 11.2. The zero-order chi connectivity index (χ0) is 13.1. The van der Waals surface area contributed by atoms with Crippen LogP contribution in [0.4, 0.5) is 8.78 Å². The summed E-state index contributed by atoms with van der Waals surface area (Å²) >= 11 is 1.76. The van der Waals surface area contributed by atoms with E-state index in [1.165, 1.54) is 27.5 Å². The van der Waals surface area contributed by atoms with Crippen LogP contribution in [0.5, 0.6) is 0 Å². The van der Waals surface area contributed by atoms with Gasteiger partial charge in [-0.15, -0.1) is 11.3 Å². The van der Waals surface area contributed by atoms with Crippen molar-refractivity contribution in [2.75, 3.05) is 0 Å². The normalized spacial score (nSPS) is 10.9. The lowest BCUT2D eigenvalue weighted by Gasteiger charge is -2.06. The SMILES string of the molecule is Cc1cc(CNCc2ccc(F)cc2F)c(C)s1. The molecule has 1 aromatic carbocycles. The minimum Gasteiger partial charge on any atom is -0.308 e. The minimum absolute atomic E-state index is 0.403. The molecule has 0 amide bonds. The molecule has 96 valence electrons. The first kappa shape index (κ1) is 13.2. The molecule has 2 rings (SSSR count). The Morgan fingerprint density at radius 1 is 1.06 bits per heavy atom.